The molecule has 1 aliphatic heterocycles. The highest BCUT2D eigenvalue weighted by Crippen LogP contribution is 2.31. The molecule has 2 aromatic carbocycles. The van der Waals surface area contributed by atoms with E-state index in [2.05, 4.69) is 20.0 Å². The Bertz CT molecular complexity index is 1010. The molecule has 2 atom stereocenters. The maximum atomic E-state index is 12.6. The average molecular weight is 353 g/mol. The number of ether oxygens (including phenoxy) is 1. The van der Waals surface area contributed by atoms with E-state index in [0.29, 0.717) is 22.4 Å². The molecule has 8 nitrogen and oxygen atoms in total. The molecular formula is C18H15N3O5. The number of nitrogens with one attached hydrogen (secondary N) is 2. The lowest BCUT2D eigenvalue weighted by atomic mass is 9.99. The van der Waals surface area contributed by atoms with Crippen LogP contribution in [0.5, 0.6) is 5.75 Å². The summed E-state index contributed by atoms with van der Waals surface area (Å²) in [5.74, 6) is -0.192. The molecule has 2 heterocycles. The molecule has 0 fully saturated rings. The van der Waals surface area contributed by atoms with Crippen molar-refractivity contribution in [1.29, 1.82) is 0 Å². The van der Waals surface area contributed by atoms with Crippen LogP contribution in [0.3, 0.4) is 0 Å². The number of aliphatic hydroxyl groups excluding tert-OH is 1. The fraction of sp³-hybridized carbons (Fsp3) is 0.167. The number of benzene rings is 2. The van der Waals surface area contributed by atoms with Crippen molar-refractivity contribution in [2.45, 2.75) is 12.1 Å². The molecule has 132 valence electrons. The number of hydrogen-bond acceptors (Lipinski definition) is 6. The van der Waals surface area contributed by atoms with Gasteiger partial charge in [0.15, 0.2) is 5.82 Å². The summed E-state index contributed by atoms with van der Waals surface area (Å²) < 4.78 is 10.1. The lowest BCUT2D eigenvalue weighted by Crippen LogP contribution is -2.45. The van der Waals surface area contributed by atoms with Crippen molar-refractivity contribution in [2.24, 2.45) is 0 Å². The number of rotatable bonds is 3. The molecule has 0 saturated heterocycles. The number of nitrogens with zero attached hydrogens (tertiary/aromatic N) is 1. The summed E-state index contributed by atoms with van der Waals surface area (Å²) in [4.78, 5) is 26.1. The summed E-state index contributed by atoms with van der Waals surface area (Å²) in [7, 11) is 0. The number of carbonyl (C=O) groups excluding carboxylic acids is 1. The van der Waals surface area contributed by atoms with Crippen LogP contribution < -0.4 is 15.8 Å². The van der Waals surface area contributed by atoms with E-state index >= 15 is 0 Å². The van der Waals surface area contributed by atoms with Crippen LogP contribution in [0.15, 0.2) is 57.8 Å². The quantitative estimate of drug-likeness (QED) is 0.652. The van der Waals surface area contributed by atoms with Gasteiger partial charge in [-0.3, -0.25) is 14.3 Å². The van der Waals surface area contributed by atoms with Crippen molar-refractivity contribution in [3.63, 3.8) is 0 Å². The molecular weight excluding hydrogens is 338 g/mol. The van der Waals surface area contributed by atoms with Gasteiger partial charge in [-0.25, -0.2) is 4.79 Å². The van der Waals surface area contributed by atoms with Crippen LogP contribution in [-0.2, 0) is 0 Å². The smallest absolute Gasteiger partial charge is 0.439 e. The van der Waals surface area contributed by atoms with Gasteiger partial charge in [0.05, 0.1) is 6.04 Å². The van der Waals surface area contributed by atoms with E-state index in [4.69, 9.17) is 4.74 Å². The minimum absolute atomic E-state index is 0.167. The van der Waals surface area contributed by atoms with Gasteiger partial charge in [-0.1, -0.05) is 35.5 Å². The highest BCUT2D eigenvalue weighted by Gasteiger charge is 2.30. The largest absolute Gasteiger partial charge is 0.491 e. The van der Waals surface area contributed by atoms with Crippen molar-refractivity contribution in [1.82, 2.24) is 15.5 Å². The first kappa shape index (κ1) is 16.1. The lowest BCUT2D eigenvalue weighted by Gasteiger charge is -2.30. The van der Waals surface area contributed by atoms with Crippen LogP contribution in [0.4, 0.5) is 0 Å². The minimum Gasteiger partial charge on any atom is -0.491 e. The van der Waals surface area contributed by atoms with E-state index < -0.39 is 17.9 Å². The van der Waals surface area contributed by atoms with Crippen LogP contribution in [0, 0.1) is 0 Å². The third-order valence-electron chi connectivity index (χ3n) is 4.19. The number of aromatic nitrogens is 2. The molecule has 26 heavy (non-hydrogen) atoms. The Morgan fingerprint density at radius 2 is 2.08 bits per heavy atom. The predicted octanol–water partition coefficient (Wildman–Crippen LogP) is 1.25. The van der Waals surface area contributed by atoms with E-state index in [0.717, 1.165) is 0 Å². The molecule has 4 rings (SSSR count). The summed E-state index contributed by atoms with van der Waals surface area (Å²) in [6.45, 7) is 0.167. The Labute approximate surface area is 147 Å². The standard InChI is InChI=1S/C18H15N3O5/c22-15-12-6-1-2-7-14(12)25-9-13(15)19-17(23)11-5-3-4-10(8-11)16-20-18(24)26-21-16/h1-8,13,15,22H,9H2,(H,19,23)(H,20,21,24). The molecule has 1 aliphatic rings. The Balaban J connectivity index is 1.53. The van der Waals surface area contributed by atoms with Crippen molar-refractivity contribution >= 4 is 5.91 Å². The van der Waals surface area contributed by atoms with Crippen LogP contribution in [0.25, 0.3) is 11.4 Å². The summed E-state index contributed by atoms with van der Waals surface area (Å²) in [5, 5.41) is 16.9. The molecule has 0 aliphatic carbocycles. The molecule has 2 unspecified atom stereocenters. The van der Waals surface area contributed by atoms with E-state index in [9.17, 15) is 14.7 Å². The number of para-hydroxylation sites is 1. The second-order valence-corrected chi connectivity index (χ2v) is 5.90. The van der Waals surface area contributed by atoms with E-state index in [-0.39, 0.29) is 18.3 Å². The number of fused-ring (bicyclic) bond motifs is 1. The zero-order valence-corrected chi connectivity index (χ0v) is 13.5. The first-order valence-corrected chi connectivity index (χ1v) is 7.99. The van der Waals surface area contributed by atoms with Crippen LogP contribution in [0.1, 0.15) is 22.0 Å². The zero-order valence-electron chi connectivity index (χ0n) is 13.5. The van der Waals surface area contributed by atoms with Crippen LogP contribution in [-0.4, -0.2) is 33.8 Å². The van der Waals surface area contributed by atoms with E-state index in [1.807, 2.05) is 6.07 Å². The number of amides is 1. The van der Waals surface area contributed by atoms with Crippen molar-refractivity contribution in [3.05, 3.63) is 70.2 Å². The van der Waals surface area contributed by atoms with Gasteiger partial charge >= 0.3 is 5.76 Å². The molecule has 0 bridgehead atoms. The molecule has 0 saturated carbocycles. The van der Waals surface area contributed by atoms with E-state index in [1.165, 1.54) is 0 Å². The van der Waals surface area contributed by atoms with Gasteiger partial charge in [-0.05, 0) is 18.2 Å². The molecule has 3 aromatic rings. The monoisotopic (exact) mass is 353 g/mol. The second kappa shape index (κ2) is 6.49. The molecule has 3 N–H and O–H groups in total. The maximum absolute atomic E-state index is 12.6. The molecule has 8 heteroatoms. The maximum Gasteiger partial charge on any atom is 0.439 e. The summed E-state index contributed by atoms with van der Waals surface area (Å²) in [6.07, 6.45) is -0.862. The highest BCUT2D eigenvalue weighted by molar-refractivity contribution is 5.95. The van der Waals surface area contributed by atoms with E-state index in [1.54, 1.807) is 42.5 Å². The van der Waals surface area contributed by atoms with Gasteiger partial charge < -0.3 is 15.2 Å². The van der Waals surface area contributed by atoms with Gasteiger partial charge in [0.2, 0.25) is 0 Å². The predicted molar refractivity (Wildman–Crippen MR) is 90.7 cm³/mol. The Kier molecular flexibility index (Phi) is 4.02. The summed E-state index contributed by atoms with van der Waals surface area (Å²) in [6, 6.07) is 13.2. The Morgan fingerprint density at radius 3 is 2.88 bits per heavy atom. The molecule has 1 amide bonds. The van der Waals surface area contributed by atoms with Crippen molar-refractivity contribution in [3.8, 4) is 17.1 Å². The lowest BCUT2D eigenvalue weighted by molar-refractivity contribution is 0.0617. The van der Waals surface area contributed by atoms with Gasteiger partial charge in [0.25, 0.3) is 5.91 Å². The minimum atomic E-state index is -0.862. The van der Waals surface area contributed by atoms with Gasteiger partial charge in [-0.2, -0.15) is 0 Å². The second-order valence-electron chi connectivity index (χ2n) is 5.90. The fourth-order valence-electron chi connectivity index (χ4n) is 2.88. The molecule has 0 spiro atoms. The first-order valence-electron chi connectivity index (χ1n) is 7.99. The number of H-pyrrole nitrogens is 1. The van der Waals surface area contributed by atoms with Crippen molar-refractivity contribution in [2.75, 3.05) is 6.61 Å². The summed E-state index contributed by atoms with van der Waals surface area (Å²) >= 11 is 0. The first-order chi connectivity index (χ1) is 12.6. The van der Waals surface area contributed by atoms with Crippen LogP contribution in [0.2, 0.25) is 0 Å². The Morgan fingerprint density at radius 1 is 1.23 bits per heavy atom. The number of carbonyl (C=O) groups is 1. The number of aliphatic hydroxyl groups is 1. The summed E-state index contributed by atoms with van der Waals surface area (Å²) in [5.41, 5.74) is 1.53. The third-order valence-corrected chi connectivity index (χ3v) is 4.19. The Hall–Kier alpha value is -3.39. The average Bonchev–Trinajstić information content (AvgIpc) is 3.11. The van der Waals surface area contributed by atoms with Gasteiger partial charge in [0, 0.05) is 16.7 Å². The highest BCUT2D eigenvalue weighted by atomic mass is 16.5. The number of hydrogen-bond donors (Lipinski definition) is 3. The topological polar surface area (TPSA) is 117 Å². The third kappa shape index (κ3) is 2.98. The van der Waals surface area contributed by atoms with Gasteiger partial charge in [0.1, 0.15) is 18.5 Å². The van der Waals surface area contributed by atoms with Crippen molar-refractivity contribution < 1.29 is 19.2 Å². The normalized spacial score (nSPS) is 18.7. The molecule has 1 aromatic heterocycles. The molecule has 0 radical (unpaired) electrons. The van der Waals surface area contributed by atoms with Crippen LogP contribution >= 0.6 is 0 Å². The SMILES string of the molecule is O=C(NC1COc2ccccc2C1O)c1cccc(-c2noc(=O)[nH]2)c1. The fourth-order valence-corrected chi connectivity index (χ4v) is 2.88. The number of aromatic amines is 1. The zero-order chi connectivity index (χ0) is 18.1. The van der Waals surface area contributed by atoms with Gasteiger partial charge in [-0.15, -0.1) is 0 Å².